The molecule has 134 valence electrons. The zero-order chi connectivity index (χ0) is 16.9. The monoisotopic (exact) mass is 351 g/mol. The summed E-state index contributed by atoms with van der Waals surface area (Å²) in [6, 6.07) is 0. The number of rotatable bonds is 4. The van der Waals surface area contributed by atoms with Crippen molar-refractivity contribution < 1.29 is 4.79 Å². The van der Waals surface area contributed by atoms with Crippen molar-refractivity contribution >= 4 is 17.2 Å². The van der Waals surface area contributed by atoms with Crippen LogP contribution in [0.15, 0.2) is 10.2 Å². The Morgan fingerprint density at radius 2 is 1.75 bits per heavy atom. The van der Waals surface area contributed by atoms with E-state index in [1.54, 1.807) is 0 Å². The molecule has 2 aliphatic heterocycles. The number of thiazole rings is 1. The third-order valence-corrected chi connectivity index (χ3v) is 6.35. The minimum absolute atomic E-state index is 0.138. The van der Waals surface area contributed by atoms with Crippen LogP contribution in [0.1, 0.15) is 44.2 Å². The number of hydrogen-bond donors (Lipinski definition) is 0. The first kappa shape index (κ1) is 17.7. The van der Waals surface area contributed by atoms with E-state index in [1.165, 1.54) is 37.0 Å². The van der Waals surface area contributed by atoms with Crippen molar-refractivity contribution in [3.8, 4) is 0 Å². The summed E-state index contributed by atoms with van der Waals surface area (Å²) >= 11 is 1.28. The molecule has 0 aliphatic carbocycles. The zero-order valence-corrected chi connectivity index (χ0v) is 15.5. The van der Waals surface area contributed by atoms with Crippen LogP contribution in [0.5, 0.6) is 0 Å². The molecular formula is C18H29N3O2S. The number of piperidine rings is 1. The molecule has 3 heterocycles. The van der Waals surface area contributed by atoms with E-state index >= 15 is 0 Å². The molecule has 5 nitrogen and oxygen atoms in total. The van der Waals surface area contributed by atoms with Crippen LogP contribution >= 0.6 is 11.3 Å². The SMILES string of the molecule is Cc1csc(=O)n1CCN1CCC(C(=O)N2CCCCCC2)CC1. The Morgan fingerprint density at radius 3 is 2.33 bits per heavy atom. The summed E-state index contributed by atoms with van der Waals surface area (Å²) in [7, 11) is 0. The molecule has 0 aromatic carbocycles. The van der Waals surface area contributed by atoms with Gasteiger partial charge in [0.05, 0.1) is 0 Å². The van der Waals surface area contributed by atoms with Gasteiger partial charge in [-0.2, -0.15) is 0 Å². The molecule has 0 saturated carbocycles. The zero-order valence-electron chi connectivity index (χ0n) is 14.7. The largest absolute Gasteiger partial charge is 0.342 e. The molecule has 0 bridgehead atoms. The lowest BCUT2D eigenvalue weighted by Crippen LogP contribution is -2.43. The summed E-state index contributed by atoms with van der Waals surface area (Å²) in [6.07, 6.45) is 6.80. The number of carbonyl (C=O) groups is 1. The van der Waals surface area contributed by atoms with Crippen LogP contribution in [0.25, 0.3) is 0 Å². The van der Waals surface area contributed by atoms with Gasteiger partial charge in [-0.3, -0.25) is 9.59 Å². The number of amides is 1. The summed E-state index contributed by atoms with van der Waals surface area (Å²) in [5, 5.41) is 1.93. The molecule has 3 rings (SSSR count). The molecule has 1 aromatic rings. The van der Waals surface area contributed by atoms with Crippen molar-refractivity contribution in [2.24, 2.45) is 5.92 Å². The fourth-order valence-corrected chi connectivity index (χ4v) is 4.63. The fraction of sp³-hybridized carbons (Fsp3) is 0.778. The molecule has 0 N–H and O–H groups in total. The molecule has 1 aromatic heterocycles. The Morgan fingerprint density at radius 1 is 1.08 bits per heavy atom. The van der Waals surface area contributed by atoms with Gasteiger partial charge in [0.2, 0.25) is 5.91 Å². The molecule has 1 amide bonds. The van der Waals surface area contributed by atoms with Crippen molar-refractivity contribution in [3.63, 3.8) is 0 Å². The van der Waals surface area contributed by atoms with E-state index in [9.17, 15) is 9.59 Å². The predicted octanol–water partition coefficient (Wildman–Crippen LogP) is 2.33. The minimum Gasteiger partial charge on any atom is -0.342 e. The van der Waals surface area contributed by atoms with E-state index in [4.69, 9.17) is 0 Å². The van der Waals surface area contributed by atoms with E-state index < -0.39 is 0 Å². The van der Waals surface area contributed by atoms with Gasteiger partial charge in [-0.05, 0) is 45.7 Å². The van der Waals surface area contributed by atoms with Crippen LogP contribution in [0.2, 0.25) is 0 Å². The Balaban J connectivity index is 1.45. The maximum atomic E-state index is 12.7. The number of nitrogens with zero attached hydrogens (tertiary/aromatic N) is 3. The quantitative estimate of drug-likeness (QED) is 0.836. The van der Waals surface area contributed by atoms with Gasteiger partial charge in [-0.15, -0.1) is 0 Å². The van der Waals surface area contributed by atoms with Gasteiger partial charge in [0, 0.05) is 43.2 Å². The average Bonchev–Trinajstić information content (AvgIpc) is 2.81. The van der Waals surface area contributed by atoms with Crippen molar-refractivity contribution in [1.82, 2.24) is 14.4 Å². The van der Waals surface area contributed by atoms with Crippen molar-refractivity contribution in [3.05, 3.63) is 20.7 Å². The summed E-state index contributed by atoms with van der Waals surface area (Å²) in [5.41, 5.74) is 1.05. The topological polar surface area (TPSA) is 45.6 Å². The molecule has 0 unspecified atom stereocenters. The maximum Gasteiger partial charge on any atom is 0.307 e. The highest BCUT2D eigenvalue weighted by atomic mass is 32.1. The minimum atomic E-state index is 0.138. The Bertz CT molecular complexity index is 594. The highest BCUT2D eigenvalue weighted by Crippen LogP contribution is 2.21. The summed E-state index contributed by atoms with van der Waals surface area (Å²) < 4.78 is 1.86. The number of likely N-dealkylation sites (tertiary alicyclic amines) is 2. The molecule has 0 atom stereocenters. The second-order valence-electron chi connectivity index (χ2n) is 7.15. The highest BCUT2D eigenvalue weighted by Gasteiger charge is 2.28. The standard InChI is InChI=1S/C18H29N3O2S/c1-15-14-24-18(23)21(15)13-12-19-10-6-16(7-11-19)17(22)20-8-4-2-3-5-9-20/h14,16H,2-13H2,1H3. The first-order valence-electron chi connectivity index (χ1n) is 9.31. The van der Waals surface area contributed by atoms with Gasteiger partial charge in [0.15, 0.2) is 0 Å². The van der Waals surface area contributed by atoms with Crippen molar-refractivity contribution in [1.29, 1.82) is 0 Å². The predicted molar refractivity (Wildman–Crippen MR) is 97.5 cm³/mol. The maximum absolute atomic E-state index is 12.7. The summed E-state index contributed by atoms with van der Waals surface area (Å²) in [5.74, 6) is 0.603. The summed E-state index contributed by atoms with van der Waals surface area (Å²) in [6.45, 7) is 7.52. The molecule has 24 heavy (non-hydrogen) atoms. The van der Waals surface area contributed by atoms with E-state index in [1.807, 2.05) is 16.9 Å². The highest BCUT2D eigenvalue weighted by molar-refractivity contribution is 7.07. The van der Waals surface area contributed by atoms with Crippen molar-refractivity contribution in [2.75, 3.05) is 32.7 Å². The lowest BCUT2D eigenvalue weighted by molar-refractivity contribution is -0.137. The Labute approximate surface area is 148 Å². The molecule has 2 aliphatic rings. The van der Waals surface area contributed by atoms with Crippen LogP contribution in [0.4, 0.5) is 0 Å². The van der Waals surface area contributed by atoms with E-state index in [0.717, 1.165) is 57.8 Å². The van der Waals surface area contributed by atoms with Gasteiger partial charge in [-0.25, -0.2) is 0 Å². The second kappa shape index (κ2) is 8.30. The van der Waals surface area contributed by atoms with Gasteiger partial charge in [-0.1, -0.05) is 24.2 Å². The normalized spacial score (nSPS) is 21.0. The number of aryl methyl sites for hydroxylation is 1. The first-order valence-corrected chi connectivity index (χ1v) is 10.2. The number of hydrogen-bond acceptors (Lipinski definition) is 4. The molecule has 0 spiro atoms. The lowest BCUT2D eigenvalue weighted by Gasteiger charge is -2.34. The van der Waals surface area contributed by atoms with Crippen LogP contribution in [-0.2, 0) is 11.3 Å². The van der Waals surface area contributed by atoms with Gasteiger partial charge in [0.1, 0.15) is 0 Å². The van der Waals surface area contributed by atoms with E-state index in [2.05, 4.69) is 9.80 Å². The molecular weight excluding hydrogens is 322 g/mol. The fourth-order valence-electron chi connectivity index (χ4n) is 3.87. The average molecular weight is 352 g/mol. The van der Waals surface area contributed by atoms with Crippen LogP contribution in [0, 0.1) is 12.8 Å². The van der Waals surface area contributed by atoms with E-state index in [0.29, 0.717) is 5.91 Å². The Hall–Kier alpha value is -1.14. The molecule has 6 heteroatoms. The van der Waals surface area contributed by atoms with Gasteiger partial charge >= 0.3 is 4.87 Å². The summed E-state index contributed by atoms with van der Waals surface area (Å²) in [4.78, 5) is 29.1. The van der Waals surface area contributed by atoms with E-state index in [-0.39, 0.29) is 10.8 Å². The van der Waals surface area contributed by atoms with Gasteiger partial charge in [0.25, 0.3) is 0 Å². The first-order chi connectivity index (χ1) is 11.6. The van der Waals surface area contributed by atoms with Gasteiger partial charge < -0.3 is 14.4 Å². The van der Waals surface area contributed by atoms with Crippen molar-refractivity contribution in [2.45, 2.75) is 52.0 Å². The molecule has 2 fully saturated rings. The second-order valence-corrected chi connectivity index (χ2v) is 7.97. The van der Waals surface area contributed by atoms with Crippen LogP contribution in [-0.4, -0.2) is 53.0 Å². The third kappa shape index (κ3) is 4.28. The lowest BCUT2D eigenvalue weighted by atomic mass is 9.95. The number of aromatic nitrogens is 1. The smallest absolute Gasteiger partial charge is 0.307 e. The molecule has 0 radical (unpaired) electrons. The Kier molecular flexibility index (Phi) is 6.11. The third-order valence-electron chi connectivity index (χ3n) is 5.47. The van der Waals surface area contributed by atoms with Crippen LogP contribution < -0.4 is 4.87 Å². The van der Waals surface area contributed by atoms with Crippen LogP contribution in [0.3, 0.4) is 0 Å². The molecule has 2 saturated heterocycles. The number of carbonyl (C=O) groups excluding carboxylic acids is 1.